The molecule has 0 amide bonds. The molecule has 11 heteroatoms. The molecule has 0 saturated heterocycles. The van der Waals surface area contributed by atoms with Gasteiger partial charge in [-0.3, -0.25) is 0 Å². The molecule has 0 unspecified atom stereocenters. The van der Waals surface area contributed by atoms with Crippen molar-refractivity contribution in [3.63, 3.8) is 0 Å². The fourth-order valence-electron chi connectivity index (χ4n) is 6.22. The highest BCUT2D eigenvalue weighted by Gasteiger charge is 2.28. The van der Waals surface area contributed by atoms with E-state index in [1.54, 1.807) is 7.11 Å². The molecule has 46 heavy (non-hydrogen) atoms. The van der Waals surface area contributed by atoms with Crippen molar-refractivity contribution < 1.29 is 14.9 Å². The van der Waals surface area contributed by atoms with Crippen molar-refractivity contribution in [2.24, 2.45) is 7.05 Å². The third-order valence-corrected chi connectivity index (χ3v) is 9.95. The van der Waals surface area contributed by atoms with Crippen molar-refractivity contribution in [2.45, 2.75) is 63.1 Å². The molecule has 9 nitrogen and oxygen atoms in total. The quantitative estimate of drug-likeness (QED) is 0.146. The third kappa shape index (κ3) is 5.99. The fraction of sp³-hybridized carbons (Fsp3) is 0.343. The van der Waals surface area contributed by atoms with Gasteiger partial charge in [0.1, 0.15) is 11.3 Å². The molecule has 4 N–H and O–H groups in total. The Morgan fingerprint density at radius 1 is 0.739 bits per heavy atom. The Bertz CT molecular complexity index is 1900. The number of nitrogens with zero attached hydrogens (tertiary/aromatic N) is 4. The standard InChI is InChI=1S/C35H36Cl2N6O3/c1-43-31(18-39-21-15-23(45)16-21)40-30-12-11-28(41-34(30)43)26-7-3-5-24(32(26)36)25-6-4-8-27(33(25)37)29-10-9-19(35(42-29)46-2)17-38-20-13-22(44)14-20/h3-12,20-23,38-39,44-45H,13-18H2,1-2H3/t20-,21-,22-,23+. The molecule has 0 bridgehead atoms. The van der Waals surface area contributed by atoms with Gasteiger partial charge in [0.2, 0.25) is 5.88 Å². The van der Waals surface area contributed by atoms with Gasteiger partial charge in [0, 0.05) is 53.5 Å². The van der Waals surface area contributed by atoms with E-state index < -0.39 is 0 Å². The number of aryl methyl sites for hydroxylation is 1. The average molecular weight is 660 g/mol. The molecule has 2 aliphatic carbocycles. The maximum Gasteiger partial charge on any atom is 0.218 e. The van der Waals surface area contributed by atoms with Gasteiger partial charge in [-0.2, -0.15) is 0 Å². The second kappa shape index (κ2) is 12.9. The topological polar surface area (TPSA) is 117 Å². The number of benzene rings is 2. The Kier molecular flexibility index (Phi) is 8.71. The highest BCUT2D eigenvalue weighted by atomic mass is 35.5. The molecule has 2 aromatic carbocycles. The lowest BCUT2D eigenvalue weighted by Gasteiger charge is -2.32. The summed E-state index contributed by atoms with van der Waals surface area (Å²) < 4.78 is 7.64. The van der Waals surface area contributed by atoms with Crippen molar-refractivity contribution in [3.8, 4) is 39.5 Å². The summed E-state index contributed by atoms with van der Waals surface area (Å²) in [6.07, 6.45) is 2.67. The summed E-state index contributed by atoms with van der Waals surface area (Å²) in [5.41, 5.74) is 7.10. The zero-order valence-corrected chi connectivity index (χ0v) is 27.2. The van der Waals surface area contributed by atoms with Gasteiger partial charge >= 0.3 is 0 Å². The van der Waals surface area contributed by atoms with Crippen LogP contribution in [0.2, 0.25) is 10.0 Å². The van der Waals surface area contributed by atoms with Gasteiger partial charge in [-0.1, -0.05) is 65.7 Å². The molecule has 2 aliphatic rings. The fourth-order valence-corrected chi connectivity index (χ4v) is 6.87. The summed E-state index contributed by atoms with van der Waals surface area (Å²) in [4.78, 5) is 14.5. The Labute approximate surface area is 277 Å². The Morgan fingerprint density at radius 2 is 1.28 bits per heavy atom. The highest BCUT2D eigenvalue weighted by molar-refractivity contribution is 6.39. The molecule has 5 aromatic rings. The van der Waals surface area contributed by atoms with Crippen LogP contribution in [0.5, 0.6) is 5.88 Å². The minimum Gasteiger partial charge on any atom is -0.481 e. The Hall–Kier alpha value is -3.57. The van der Waals surface area contributed by atoms with Crippen LogP contribution < -0.4 is 15.4 Å². The number of halogens is 2. The van der Waals surface area contributed by atoms with Crippen LogP contribution in [0, 0.1) is 0 Å². The van der Waals surface area contributed by atoms with Gasteiger partial charge in [0.25, 0.3) is 0 Å². The zero-order valence-electron chi connectivity index (χ0n) is 25.7. The van der Waals surface area contributed by atoms with Crippen LogP contribution in [-0.4, -0.2) is 61.1 Å². The third-order valence-electron chi connectivity index (χ3n) is 9.14. The van der Waals surface area contributed by atoms with E-state index in [-0.39, 0.29) is 12.2 Å². The first-order chi connectivity index (χ1) is 22.3. The lowest BCUT2D eigenvalue weighted by atomic mass is 9.89. The van der Waals surface area contributed by atoms with E-state index in [1.807, 2.05) is 72.3 Å². The highest BCUT2D eigenvalue weighted by Crippen LogP contribution is 2.42. The van der Waals surface area contributed by atoms with Gasteiger partial charge < -0.3 is 30.2 Å². The maximum absolute atomic E-state index is 9.59. The van der Waals surface area contributed by atoms with E-state index in [2.05, 4.69) is 10.6 Å². The van der Waals surface area contributed by atoms with Gasteiger partial charge in [-0.25, -0.2) is 15.0 Å². The van der Waals surface area contributed by atoms with E-state index in [9.17, 15) is 10.2 Å². The van der Waals surface area contributed by atoms with E-state index in [4.69, 9.17) is 42.9 Å². The van der Waals surface area contributed by atoms with E-state index in [1.165, 1.54) is 0 Å². The lowest BCUT2D eigenvalue weighted by molar-refractivity contribution is 0.0613. The molecule has 0 spiro atoms. The number of hydrogen-bond acceptors (Lipinski definition) is 8. The van der Waals surface area contributed by atoms with E-state index >= 15 is 0 Å². The first-order valence-electron chi connectivity index (χ1n) is 15.6. The van der Waals surface area contributed by atoms with Crippen LogP contribution in [0.3, 0.4) is 0 Å². The predicted molar refractivity (Wildman–Crippen MR) is 181 cm³/mol. The van der Waals surface area contributed by atoms with Gasteiger partial charge in [0.15, 0.2) is 5.65 Å². The van der Waals surface area contributed by atoms with E-state index in [0.717, 1.165) is 76.2 Å². The molecular weight excluding hydrogens is 623 g/mol. The first-order valence-corrected chi connectivity index (χ1v) is 16.3. The van der Waals surface area contributed by atoms with Crippen LogP contribution in [0.1, 0.15) is 37.1 Å². The number of imidazole rings is 1. The van der Waals surface area contributed by atoms with Gasteiger partial charge in [-0.05, 0) is 43.9 Å². The summed E-state index contributed by atoms with van der Waals surface area (Å²) in [6, 6.07) is 20.2. The number of methoxy groups -OCH3 is 1. The molecule has 7 rings (SSSR count). The lowest BCUT2D eigenvalue weighted by Crippen LogP contribution is -2.44. The van der Waals surface area contributed by atoms with Crippen molar-refractivity contribution in [3.05, 3.63) is 82.1 Å². The molecule has 238 valence electrons. The van der Waals surface area contributed by atoms with Gasteiger partial charge in [-0.15, -0.1) is 0 Å². The molecule has 0 atom stereocenters. The summed E-state index contributed by atoms with van der Waals surface area (Å²) >= 11 is 14.2. The number of aliphatic hydroxyl groups excluding tert-OH is 2. The van der Waals surface area contributed by atoms with E-state index in [0.29, 0.717) is 46.8 Å². The van der Waals surface area contributed by atoms with Crippen molar-refractivity contribution in [1.29, 1.82) is 0 Å². The first kappa shape index (κ1) is 31.1. The number of aromatic nitrogens is 4. The molecule has 2 fully saturated rings. The van der Waals surface area contributed by atoms with Gasteiger partial charge in [0.05, 0.1) is 47.3 Å². The number of hydrogen-bond donors (Lipinski definition) is 4. The second-order valence-electron chi connectivity index (χ2n) is 12.2. The molecule has 3 heterocycles. The van der Waals surface area contributed by atoms with Crippen LogP contribution >= 0.6 is 23.2 Å². The van der Waals surface area contributed by atoms with Crippen LogP contribution in [0.4, 0.5) is 0 Å². The number of nitrogens with one attached hydrogen (secondary N) is 2. The van der Waals surface area contributed by atoms with Crippen LogP contribution in [0.25, 0.3) is 44.8 Å². The molecule has 2 saturated carbocycles. The summed E-state index contributed by atoms with van der Waals surface area (Å²) in [5.74, 6) is 1.42. The molecular formula is C35H36Cl2N6O3. The molecule has 0 radical (unpaired) electrons. The number of pyridine rings is 2. The summed E-state index contributed by atoms with van der Waals surface area (Å²) in [6.45, 7) is 1.21. The smallest absolute Gasteiger partial charge is 0.218 e. The molecule has 0 aliphatic heterocycles. The Morgan fingerprint density at radius 3 is 1.87 bits per heavy atom. The van der Waals surface area contributed by atoms with Crippen LogP contribution in [0.15, 0.2) is 60.7 Å². The maximum atomic E-state index is 9.59. The second-order valence-corrected chi connectivity index (χ2v) is 13.0. The average Bonchev–Trinajstić information content (AvgIpc) is 3.35. The number of ether oxygens (including phenoxy) is 1. The molecule has 3 aromatic heterocycles. The van der Waals surface area contributed by atoms with Crippen LogP contribution in [-0.2, 0) is 20.1 Å². The zero-order chi connectivity index (χ0) is 31.9. The Balaban J connectivity index is 1.16. The number of rotatable bonds is 10. The minimum atomic E-state index is -0.209. The minimum absolute atomic E-state index is 0.201. The summed E-state index contributed by atoms with van der Waals surface area (Å²) in [5, 5.41) is 27.2. The predicted octanol–water partition coefficient (Wildman–Crippen LogP) is 5.91. The number of fused-ring (bicyclic) bond motifs is 1. The SMILES string of the molecule is COc1nc(-c2cccc(-c3cccc(-c4ccc5nc(CN[C@H]6C[C@@H](O)C6)n(C)c5n4)c3Cl)c2Cl)ccc1CN[C@H]1C[C@H](O)C1. The van der Waals surface area contributed by atoms with Crippen molar-refractivity contribution in [1.82, 2.24) is 30.2 Å². The largest absolute Gasteiger partial charge is 0.481 e. The normalized spacial score (nSPS) is 20.8. The summed E-state index contributed by atoms with van der Waals surface area (Å²) in [7, 11) is 3.58. The van der Waals surface area contributed by atoms with Crippen molar-refractivity contribution in [2.75, 3.05) is 7.11 Å². The number of aliphatic hydroxyl groups is 2. The monoisotopic (exact) mass is 658 g/mol. The van der Waals surface area contributed by atoms with Crippen molar-refractivity contribution >= 4 is 34.4 Å².